The first-order valence-electron chi connectivity index (χ1n) is 11.7. The Bertz CT molecular complexity index is 1290. The predicted molar refractivity (Wildman–Crippen MR) is 135 cm³/mol. The molecule has 2 aliphatic rings. The third-order valence-corrected chi connectivity index (χ3v) is 8.16. The van der Waals surface area contributed by atoms with Gasteiger partial charge in [0.2, 0.25) is 0 Å². The van der Waals surface area contributed by atoms with E-state index in [2.05, 4.69) is 27.6 Å². The number of anilines is 2. The zero-order valence-corrected chi connectivity index (χ0v) is 20.5. The molecule has 0 spiro atoms. The van der Waals surface area contributed by atoms with Crippen LogP contribution in [0, 0.1) is 5.92 Å². The number of fused-ring (bicyclic) bond motifs is 1. The predicted octanol–water partition coefficient (Wildman–Crippen LogP) is 4.24. The Labute approximate surface area is 205 Å². The maximum atomic E-state index is 13.5. The highest BCUT2D eigenvalue weighted by molar-refractivity contribution is 7.16. The summed E-state index contributed by atoms with van der Waals surface area (Å²) in [7, 11) is 0. The number of carbonyl (C=O) groups excluding carboxylic acids is 1. The summed E-state index contributed by atoms with van der Waals surface area (Å²) >= 11 is 3.19. The van der Waals surface area contributed by atoms with Crippen molar-refractivity contribution in [3.05, 3.63) is 41.1 Å². The molecule has 2 fully saturated rings. The first-order chi connectivity index (χ1) is 16.6. The van der Waals surface area contributed by atoms with Crippen molar-refractivity contribution >= 4 is 44.4 Å². The largest absolute Gasteiger partial charge is 0.367 e. The van der Waals surface area contributed by atoms with Crippen LogP contribution in [0.4, 0.5) is 10.9 Å². The van der Waals surface area contributed by atoms with E-state index in [-0.39, 0.29) is 5.91 Å². The van der Waals surface area contributed by atoms with Crippen molar-refractivity contribution < 1.29 is 4.79 Å². The Hall–Kier alpha value is -3.05. The van der Waals surface area contributed by atoms with Gasteiger partial charge >= 0.3 is 0 Å². The Morgan fingerprint density at radius 2 is 2.00 bits per heavy atom. The lowest BCUT2D eigenvalue weighted by atomic mass is 10.0. The van der Waals surface area contributed by atoms with Gasteiger partial charge in [-0.15, -0.1) is 22.7 Å². The fourth-order valence-electron chi connectivity index (χ4n) is 4.44. The molecule has 1 saturated heterocycles. The minimum absolute atomic E-state index is 0.0481. The van der Waals surface area contributed by atoms with Gasteiger partial charge in [-0.1, -0.05) is 0 Å². The molecule has 11 heteroatoms. The van der Waals surface area contributed by atoms with Crippen molar-refractivity contribution in [3.63, 3.8) is 0 Å². The molecule has 0 radical (unpaired) electrons. The molecule has 0 aromatic carbocycles. The lowest BCUT2D eigenvalue weighted by Gasteiger charge is -2.32. The zero-order chi connectivity index (χ0) is 23.1. The van der Waals surface area contributed by atoms with Gasteiger partial charge in [0, 0.05) is 54.4 Å². The van der Waals surface area contributed by atoms with Crippen LogP contribution in [0.15, 0.2) is 35.4 Å². The minimum atomic E-state index is -0.0481. The second-order valence-electron chi connectivity index (χ2n) is 8.99. The van der Waals surface area contributed by atoms with Crippen LogP contribution in [0.5, 0.6) is 0 Å². The molecule has 34 heavy (non-hydrogen) atoms. The molecule has 1 aliphatic carbocycles. The third-order valence-electron chi connectivity index (χ3n) is 6.56. The Balaban J connectivity index is 1.24. The van der Waals surface area contributed by atoms with Crippen LogP contribution < -0.4 is 10.6 Å². The van der Waals surface area contributed by atoms with E-state index >= 15 is 0 Å². The van der Waals surface area contributed by atoms with Gasteiger partial charge in [-0.05, 0) is 38.5 Å². The smallest absolute Gasteiger partial charge is 0.272 e. The number of piperidine rings is 1. The molecule has 6 rings (SSSR count). The number of hydrogen-bond donors (Lipinski definition) is 2. The van der Waals surface area contributed by atoms with Gasteiger partial charge in [-0.3, -0.25) is 4.79 Å². The van der Waals surface area contributed by atoms with E-state index in [4.69, 9.17) is 9.97 Å². The van der Waals surface area contributed by atoms with Crippen LogP contribution in [0.2, 0.25) is 0 Å². The normalized spacial score (nSPS) is 17.7. The van der Waals surface area contributed by atoms with Crippen molar-refractivity contribution in [2.24, 2.45) is 5.92 Å². The number of hydrogen-bond acceptors (Lipinski definition) is 9. The van der Waals surface area contributed by atoms with Gasteiger partial charge < -0.3 is 15.5 Å². The number of carbonyl (C=O) groups is 1. The van der Waals surface area contributed by atoms with E-state index < -0.39 is 0 Å². The topological polar surface area (TPSA) is 100 Å². The maximum absolute atomic E-state index is 13.5. The molecule has 4 aromatic heterocycles. The van der Waals surface area contributed by atoms with Crippen molar-refractivity contribution in [1.82, 2.24) is 29.5 Å². The van der Waals surface area contributed by atoms with Crippen LogP contribution >= 0.6 is 22.7 Å². The van der Waals surface area contributed by atoms with E-state index in [0.717, 1.165) is 28.4 Å². The molecule has 1 atom stereocenters. The van der Waals surface area contributed by atoms with Crippen molar-refractivity contribution in [3.8, 4) is 11.4 Å². The van der Waals surface area contributed by atoms with Gasteiger partial charge in [0.15, 0.2) is 11.0 Å². The van der Waals surface area contributed by atoms with Gasteiger partial charge in [0.05, 0.1) is 11.8 Å². The molecule has 9 nitrogen and oxygen atoms in total. The molecular weight excluding hydrogens is 468 g/mol. The fourth-order valence-corrected chi connectivity index (χ4v) is 5.84. The summed E-state index contributed by atoms with van der Waals surface area (Å²) in [6.45, 7) is 3.55. The van der Waals surface area contributed by atoms with E-state index in [1.165, 1.54) is 12.8 Å². The molecule has 176 valence electrons. The average Bonchev–Trinajstić information content (AvgIpc) is 3.19. The molecule has 1 aliphatic heterocycles. The molecule has 1 unspecified atom stereocenters. The number of nitrogens with zero attached hydrogens (tertiary/aromatic N) is 6. The number of likely N-dealkylation sites (tertiary alicyclic amines) is 1. The first kappa shape index (κ1) is 21.5. The molecule has 1 saturated carbocycles. The highest BCUT2D eigenvalue weighted by atomic mass is 32.1. The summed E-state index contributed by atoms with van der Waals surface area (Å²) in [5.41, 5.74) is 1.27. The number of rotatable bonds is 7. The number of thiazole rings is 2. The summed E-state index contributed by atoms with van der Waals surface area (Å²) in [5, 5.41) is 16.3. The second kappa shape index (κ2) is 8.95. The van der Waals surface area contributed by atoms with E-state index in [9.17, 15) is 4.79 Å². The van der Waals surface area contributed by atoms with E-state index in [1.54, 1.807) is 41.1 Å². The molecule has 2 N–H and O–H groups in total. The summed E-state index contributed by atoms with van der Waals surface area (Å²) < 4.78 is 1.82. The monoisotopic (exact) mass is 494 g/mol. The van der Waals surface area contributed by atoms with Crippen molar-refractivity contribution in [1.29, 1.82) is 0 Å². The first-order valence-corrected chi connectivity index (χ1v) is 13.4. The Kier molecular flexibility index (Phi) is 5.66. The highest BCUT2D eigenvalue weighted by Gasteiger charge is 2.29. The van der Waals surface area contributed by atoms with Gasteiger partial charge in [0.25, 0.3) is 5.91 Å². The second-order valence-corrected chi connectivity index (χ2v) is 10.8. The molecule has 5 heterocycles. The summed E-state index contributed by atoms with van der Waals surface area (Å²) in [6.07, 6.45) is 9.73. The standard InChI is InChI=1S/C23H26N8OS2/c1-14(15-2-3-15)26-19-12-18(28-20(29-19)17-13-25-31-9-11-33-22(17)31)21(32)30-7-4-16(5-8-30)27-23-24-6-10-34-23/h6,9-16H,2-5,7-8H2,1H3,(H,24,27)(H,26,28,29). The summed E-state index contributed by atoms with van der Waals surface area (Å²) in [6, 6.07) is 2.44. The van der Waals surface area contributed by atoms with E-state index in [1.807, 2.05) is 26.4 Å². The van der Waals surface area contributed by atoms with Crippen LogP contribution in [0.3, 0.4) is 0 Å². The van der Waals surface area contributed by atoms with Gasteiger partial charge in [-0.2, -0.15) is 5.10 Å². The van der Waals surface area contributed by atoms with Crippen molar-refractivity contribution in [2.75, 3.05) is 23.7 Å². The SMILES string of the molecule is CC(Nc1cc(C(=O)N2CCC(Nc3nccs3)CC2)nc(-c2cnn3ccsc23)n1)C1CC1. The number of nitrogens with one attached hydrogen (secondary N) is 2. The quantitative estimate of drug-likeness (QED) is 0.396. The van der Waals surface area contributed by atoms with Gasteiger partial charge in [-0.25, -0.2) is 19.5 Å². The zero-order valence-electron chi connectivity index (χ0n) is 18.8. The highest BCUT2D eigenvalue weighted by Crippen LogP contribution is 2.34. The maximum Gasteiger partial charge on any atom is 0.272 e. The lowest BCUT2D eigenvalue weighted by molar-refractivity contribution is 0.0712. The van der Waals surface area contributed by atoms with Crippen LogP contribution in [0.25, 0.3) is 16.2 Å². The van der Waals surface area contributed by atoms with Crippen molar-refractivity contribution in [2.45, 2.75) is 44.7 Å². The lowest BCUT2D eigenvalue weighted by Crippen LogP contribution is -2.42. The molecular formula is C23H26N8OS2. The fraction of sp³-hybridized carbons (Fsp3) is 0.435. The number of amides is 1. The average molecular weight is 495 g/mol. The Morgan fingerprint density at radius 1 is 1.15 bits per heavy atom. The third kappa shape index (κ3) is 4.37. The Morgan fingerprint density at radius 3 is 2.76 bits per heavy atom. The van der Waals surface area contributed by atoms with Crippen LogP contribution in [-0.2, 0) is 0 Å². The summed E-state index contributed by atoms with van der Waals surface area (Å²) in [4.78, 5) is 30.2. The van der Waals surface area contributed by atoms with Crippen LogP contribution in [-0.4, -0.2) is 60.5 Å². The summed E-state index contributed by atoms with van der Waals surface area (Å²) in [5.74, 6) is 1.85. The molecule has 1 amide bonds. The minimum Gasteiger partial charge on any atom is -0.367 e. The van der Waals surface area contributed by atoms with Gasteiger partial charge in [0.1, 0.15) is 16.3 Å². The number of aromatic nitrogens is 5. The van der Waals surface area contributed by atoms with E-state index in [0.29, 0.717) is 48.4 Å². The molecule has 4 aromatic rings. The molecule has 0 bridgehead atoms. The van der Waals surface area contributed by atoms with Crippen LogP contribution in [0.1, 0.15) is 43.1 Å².